The van der Waals surface area contributed by atoms with Crippen molar-refractivity contribution in [2.45, 2.75) is 38.3 Å². The smallest absolute Gasteiger partial charge is 0.237 e. The molecule has 2 aromatic rings. The molecule has 0 bridgehead atoms. The zero-order valence-corrected chi connectivity index (χ0v) is 17.5. The number of ether oxygens (including phenoxy) is 2. The lowest BCUT2D eigenvalue weighted by molar-refractivity contribution is -0.131. The lowest BCUT2D eigenvalue weighted by atomic mass is 10.0. The number of hydrogen-bond acceptors (Lipinski definition) is 4. The molecule has 2 aliphatic rings. The fraction of sp³-hybridized carbons (Fsp3) is 0.435. The van der Waals surface area contributed by atoms with Crippen LogP contribution in [0.1, 0.15) is 49.4 Å². The molecule has 2 aliphatic heterocycles. The first kappa shape index (κ1) is 20.0. The monoisotopic (exact) mass is 414 g/mol. The van der Waals surface area contributed by atoms with Crippen LogP contribution in [-0.2, 0) is 4.79 Å². The Morgan fingerprint density at radius 1 is 1.14 bits per heavy atom. The van der Waals surface area contributed by atoms with Crippen molar-refractivity contribution in [3.8, 4) is 11.5 Å². The highest BCUT2D eigenvalue weighted by atomic mass is 35.5. The molecule has 29 heavy (non-hydrogen) atoms. The highest BCUT2D eigenvalue weighted by Crippen LogP contribution is 2.37. The molecule has 1 N–H and O–H groups in total. The molecule has 0 aromatic heterocycles. The zero-order chi connectivity index (χ0) is 20.2. The van der Waals surface area contributed by atoms with Gasteiger partial charge >= 0.3 is 0 Å². The van der Waals surface area contributed by atoms with Crippen LogP contribution in [0.15, 0.2) is 42.5 Å². The van der Waals surface area contributed by atoms with Crippen molar-refractivity contribution >= 4 is 17.5 Å². The number of nitrogens with zero attached hydrogens (tertiary/aromatic N) is 1. The average Bonchev–Trinajstić information content (AvgIpc) is 3.11. The van der Waals surface area contributed by atoms with Gasteiger partial charge < -0.3 is 19.7 Å². The molecule has 1 saturated heterocycles. The molecule has 2 heterocycles. The van der Waals surface area contributed by atoms with Crippen LogP contribution in [0.4, 0.5) is 0 Å². The molecule has 0 aliphatic carbocycles. The van der Waals surface area contributed by atoms with Crippen LogP contribution in [0, 0.1) is 0 Å². The number of carbonyl (C=O) groups excluding carboxylic acids is 1. The fourth-order valence-corrected chi connectivity index (χ4v) is 4.14. The standard InChI is InChI=1S/C23H27ClN2O3/c1-16(17-5-8-19(24)9-6-17)25-15-23(27)26-11-2-4-20(26)18-7-10-21-22(14-18)29-13-3-12-28-21/h5-10,14,16,20,25H,2-4,11-13,15H2,1H3/t16-,20-/m0/s1. The Balaban J connectivity index is 1.40. The lowest BCUT2D eigenvalue weighted by Gasteiger charge is -2.26. The highest BCUT2D eigenvalue weighted by Gasteiger charge is 2.30. The van der Waals surface area contributed by atoms with Crippen LogP contribution in [0.5, 0.6) is 11.5 Å². The van der Waals surface area contributed by atoms with Crippen LogP contribution in [0.2, 0.25) is 5.02 Å². The van der Waals surface area contributed by atoms with Crippen molar-refractivity contribution in [2.24, 2.45) is 0 Å². The molecular formula is C23H27ClN2O3. The van der Waals surface area contributed by atoms with Crippen LogP contribution in [0.3, 0.4) is 0 Å². The van der Waals surface area contributed by atoms with E-state index in [1.165, 1.54) is 0 Å². The third kappa shape index (κ3) is 4.68. The van der Waals surface area contributed by atoms with Gasteiger partial charge in [-0.1, -0.05) is 29.8 Å². The Morgan fingerprint density at radius 3 is 2.69 bits per heavy atom. The number of benzene rings is 2. The Hall–Kier alpha value is -2.24. The van der Waals surface area contributed by atoms with Crippen molar-refractivity contribution in [1.29, 1.82) is 0 Å². The van der Waals surface area contributed by atoms with Crippen LogP contribution >= 0.6 is 11.6 Å². The molecule has 6 heteroatoms. The first-order valence-electron chi connectivity index (χ1n) is 10.3. The first-order valence-corrected chi connectivity index (χ1v) is 10.7. The summed E-state index contributed by atoms with van der Waals surface area (Å²) in [6, 6.07) is 14.0. The van der Waals surface area contributed by atoms with Gasteiger partial charge in [0.15, 0.2) is 11.5 Å². The first-order chi connectivity index (χ1) is 14.1. The molecule has 0 spiro atoms. The Kier molecular flexibility index (Phi) is 6.26. The fourth-order valence-electron chi connectivity index (χ4n) is 4.01. The number of amides is 1. The second-order valence-corrected chi connectivity index (χ2v) is 8.09. The predicted octanol–water partition coefficient (Wildman–Crippen LogP) is 4.52. The van der Waals surface area contributed by atoms with Gasteiger partial charge in [0.05, 0.1) is 25.8 Å². The van der Waals surface area contributed by atoms with E-state index in [0.29, 0.717) is 24.8 Å². The summed E-state index contributed by atoms with van der Waals surface area (Å²) in [4.78, 5) is 14.9. The highest BCUT2D eigenvalue weighted by molar-refractivity contribution is 6.30. The Bertz CT molecular complexity index is 856. The molecular weight excluding hydrogens is 388 g/mol. The Labute approximate surface area is 176 Å². The van der Waals surface area contributed by atoms with Crippen LogP contribution in [0.25, 0.3) is 0 Å². The quantitative estimate of drug-likeness (QED) is 0.781. The van der Waals surface area contributed by atoms with E-state index in [2.05, 4.69) is 18.3 Å². The number of rotatable bonds is 5. The zero-order valence-electron chi connectivity index (χ0n) is 16.7. The molecule has 2 atom stereocenters. The number of halogens is 1. The third-order valence-corrected chi connectivity index (χ3v) is 5.91. The van der Waals surface area contributed by atoms with Gasteiger partial charge in [-0.25, -0.2) is 0 Å². The van der Waals surface area contributed by atoms with E-state index in [0.717, 1.165) is 48.4 Å². The van der Waals surface area contributed by atoms with Gasteiger partial charge in [-0.3, -0.25) is 4.79 Å². The summed E-state index contributed by atoms with van der Waals surface area (Å²) >= 11 is 5.96. The van der Waals surface area contributed by atoms with Gasteiger partial charge in [-0.2, -0.15) is 0 Å². The molecule has 1 amide bonds. The maximum atomic E-state index is 12.9. The van der Waals surface area contributed by atoms with Gasteiger partial charge in [0, 0.05) is 24.0 Å². The van der Waals surface area contributed by atoms with Gasteiger partial charge in [0.25, 0.3) is 0 Å². The average molecular weight is 415 g/mol. The summed E-state index contributed by atoms with van der Waals surface area (Å²) in [7, 11) is 0. The second-order valence-electron chi connectivity index (χ2n) is 7.66. The number of carbonyl (C=O) groups is 1. The maximum absolute atomic E-state index is 12.9. The molecule has 0 saturated carbocycles. The number of likely N-dealkylation sites (tertiary alicyclic amines) is 1. The minimum atomic E-state index is 0.0790. The van der Waals surface area contributed by atoms with E-state index in [-0.39, 0.29) is 18.0 Å². The van der Waals surface area contributed by atoms with Crippen LogP contribution in [-0.4, -0.2) is 37.1 Å². The molecule has 2 aromatic carbocycles. The van der Waals surface area contributed by atoms with E-state index in [9.17, 15) is 4.79 Å². The number of nitrogens with one attached hydrogen (secondary N) is 1. The summed E-state index contributed by atoms with van der Waals surface area (Å²) in [5.74, 6) is 1.70. The van der Waals surface area contributed by atoms with Gasteiger partial charge in [0.2, 0.25) is 5.91 Å². The number of hydrogen-bond donors (Lipinski definition) is 1. The van der Waals surface area contributed by atoms with E-state index in [4.69, 9.17) is 21.1 Å². The summed E-state index contributed by atoms with van der Waals surface area (Å²) in [6.45, 7) is 4.50. The van der Waals surface area contributed by atoms with Crippen molar-refractivity contribution in [3.05, 3.63) is 58.6 Å². The third-order valence-electron chi connectivity index (χ3n) is 5.66. The van der Waals surface area contributed by atoms with Gasteiger partial charge in [-0.05, 0) is 55.2 Å². The normalized spacial score (nSPS) is 19.7. The molecule has 1 fully saturated rings. The van der Waals surface area contributed by atoms with Crippen molar-refractivity contribution in [2.75, 3.05) is 26.3 Å². The van der Waals surface area contributed by atoms with Crippen molar-refractivity contribution < 1.29 is 14.3 Å². The molecule has 0 unspecified atom stereocenters. The van der Waals surface area contributed by atoms with E-state index in [1.54, 1.807) is 0 Å². The van der Waals surface area contributed by atoms with Gasteiger partial charge in [-0.15, -0.1) is 0 Å². The molecule has 5 nitrogen and oxygen atoms in total. The van der Waals surface area contributed by atoms with E-state index in [1.807, 2.05) is 41.3 Å². The Morgan fingerprint density at radius 2 is 1.90 bits per heavy atom. The summed E-state index contributed by atoms with van der Waals surface area (Å²) < 4.78 is 11.6. The van der Waals surface area contributed by atoms with E-state index >= 15 is 0 Å². The topological polar surface area (TPSA) is 50.8 Å². The summed E-state index contributed by atoms with van der Waals surface area (Å²) in [6.07, 6.45) is 2.87. The van der Waals surface area contributed by atoms with Gasteiger partial charge in [0.1, 0.15) is 0 Å². The minimum absolute atomic E-state index is 0.0790. The SMILES string of the molecule is C[C@H](NCC(=O)N1CCC[C@H]1c1ccc2c(c1)OCCCO2)c1ccc(Cl)cc1. The minimum Gasteiger partial charge on any atom is -0.490 e. The second kappa shape index (κ2) is 9.06. The van der Waals surface area contributed by atoms with Crippen molar-refractivity contribution in [1.82, 2.24) is 10.2 Å². The maximum Gasteiger partial charge on any atom is 0.237 e. The molecule has 0 radical (unpaired) electrons. The lowest BCUT2D eigenvalue weighted by Crippen LogP contribution is -2.38. The molecule has 154 valence electrons. The van der Waals surface area contributed by atoms with Crippen molar-refractivity contribution in [3.63, 3.8) is 0 Å². The van der Waals surface area contributed by atoms with Crippen LogP contribution < -0.4 is 14.8 Å². The number of fused-ring (bicyclic) bond motifs is 1. The summed E-state index contributed by atoms with van der Waals surface area (Å²) in [5.41, 5.74) is 2.23. The molecule has 4 rings (SSSR count). The summed E-state index contributed by atoms with van der Waals surface area (Å²) in [5, 5.41) is 4.06. The predicted molar refractivity (Wildman–Crippen MR) is 114 cm³/mol. The van der Waals surface area contributed by atoms with E-state index < -0.39 is 0 Å². The largest absolute Gasteiger partial charge is 0.490 e.